The van der Waals surface area contributed by atoms with E-state index in [2.05, 4.69) is 4.76 Å². The Bertz CT molecular complexity index is 1260. The number of ether oxygens (including phenoxy) is 4. The van der Waals surface area contributed by atoms with Crippen molar-refractivity contribution in [3.63, 3.8) is 0 Å². The number of rotatable bonds is 22. The zero-order valence-electron chi connectivity index (χ0n) is 28.8. The summed E-state index contributed by atoms with van der Waals surface area (Å²) in [6.45, 7) is 3.36. The molecule has 272 valence electrons. The van der Waals surface area contributed by atoms with Crippen molar-refractivity contribution in [3.05, 3.63) is 71.8 Å². The monoisotopic (exact) mass is 708 g/mol. The molecule has 0 aliphatic carbocycles. The number of hydrogen-bond donors (Lipinski definition) is 1. The SMILES string of the molecule is CCCC[N+](C)(OC(C)=O)C(N)=NP(=O)(OCCCOC(=O)OCCCc1ccccc1)OCCCOC(=O)OCCCc1ccccc1. The molecule has 0 aliphatic heterocycles. The third-order valence-electron chi connectivity index (χ3n) is 6.85. The summed E-state index contributed by atoms with van der Waals surface area (Å²) in [6, 6.07) is 19.7. The first-order valence-electron chi connectivity index (χ1n) is 16.5. The lowest BCUT2D eigenvalue weighted by atomic mass is 10.1. The fourth-order valence-corrected chi connectivity index (χ4v) is 5.64. The summed E-state index contributed by atoms with van der Waals surface area (Å²) in [6.07, 6.45) is 2.87. The zero-order valence-corrected chi connectivity index (χ0v) is 29.7. The summed E-state index contributed by atoms with van der Waals surface area (Å²) in [4.78, 5) is 41.1. The van der Waals surface area contributed by atoms with Crippen molar-refractivity contribution in [2.24, 2.45) is 10.5 Å². The Morgan fingerprint density at radius 3 is 1.53 bits per heavy atom. The molecule has 0 saturated heterocycles. The summed E-state index contributed by atoms with van der Waals surface area (Å²) in [7, 11) is -2.75. The van der Waals surface area contributed by atoms with Crippen LogP contribution in [0, 0.1) is 0 Å². The lowest BCUT2D eigenvalue weighted by Gasteiger charge is -2.28. The van der Waals surface area contributed by atoms with Crippen molar-refractivity contribution >= 4 is 32.0 Å². The van der Waals surface area contributed by atoms with E-state index in [9.17, 15) is 18.9 Å². The van der Waals surface area contributed by atoms with Gasteiger partial charge in [-0.2, -0.15) is 0 Å². The lowest BCUT2D eigenvalue weighted by Crippen LogP contribution is -2.54. The molecule has 2 N–H and O–H groups in total. The maximum atomic E-state index is 13.7. The third kappa shape index (κ3) is 18.4. The van der Waals surface area contributed by atoms with Crippen molar-refractivity contribution in [2.75, 3.05) is 53.2 Å². The van der Waals surface area contributed by atoms with Crippen molar-refractivity contribution in [1.29, 1.82) is 0 Å². The van der Waals surface area contributed by atoms with Gasteiger partial charge in [0.15, 0.2) is 0 Å². The maximum absolute atomic E-state index is 13.7. The highest BCUT2D eigenvalue weighted by atomic mass is 31.2. The van der Waals surface area contributed by atoms with Crippen LogP contribution >= 0.6 is 7.75 Å². The number of carbonyl (C=O) groups is 3. The molecule has 2 aromatic rings. The van der Waals surface area contributed by atoms with Crippen LogP contribution in [-0.4, -0.2) is 82.1 Å². The number of quaternary nitrogens is 1. The Balaban J connectivity index is 1.83. The minimum atomic E-state index is -4.26. The van der Waals surface area contributed by atoms with Gasteiger partial charge in [0.1, 0.15) is 13.6 Å². The number of aryl methyl sites for hydroxylation is 2. The van der Waals surface area contributed by atoms with Crippen molar-refractivity contribution in [2.45, 2.75) is 65.2 Å². The number of hydroxylamine groups is 3. The molecule has 49 heavy (non-hydrogen) atoms. The van der Waals surface area contributed by atoms with Gasteiger partial charge in [-0.3, -0.25) is 13.9 Å². The van der Waals surface area contributed by atoms with E-state index in [-0.39, 0.29) is 65.0 Å². The number of hydrogen-bond acceptors (Lipinski definition) is 11. The minimum absolute atomic E-state index is 0.0737. The number of guanidine groups is 1. The molecule has 0 aliphatic rings. The van der Waals surface area contributed by atoms with Gasteiger partial charge in [0, 0.05) is 26.2 Å². The fourth-order valence-electron chi connectivity index (χ4n) is 4.29. The van der Waals surface area contributed by atoms with Gasteiger partial charge in [-0.15, -0.1) is 4.76 Å². The van der Waals surface area contributed by atoms with Crippen molar-refractivity contribution in [1.82, 2.24) is 0 Å². The Hall–Kier alpha value is -3.97. The summed E-state index contributed by atoms with van der Waals surface area (Å²) < 4.78 is 48.5. The van der Waals surface area contributed by atoms with Crippen LogP contribution in [0.25, 0.3) is 0 Å². The van der Waals surface area contributed by atoms with E-state index in [0.717, 1.165) is 30.4 Å². The predicted molar refractivity (Wildman–Crippen MR) is 182 cm³/mol. The van der Waals surface area contributed by atoms with Gasteiger partial charge in [-0.1, -0.05) is 78.7 Å². The van der Waals surface area contributed by atoms with Gasteiger partial charge in [-0.05, 0) is 36.8 Å². The molecule has 0 bridgehead atoms. The summed E-state index contributed by atoms with van der Waals surface area (Å²) >= 11 is 0. The number of nitrogens with zero attached hydrogens (tertiary/aromatic N) is 2. The minimum Gasteiger partial charge on any atom is -0.434 e. The van der Waals surface area contributed by atoms with E-state index >= 15 is 0 Å². The first-order chi connectivity index (χ1) is 23.5. The fraction of sp³-hybridized carbons (Fsp3) is 0.529. The Labute approximate surface area is 288 Å². The molecule has 14 nitrogen and oxygen atoms in total. The Morgan fingerprint density at radius 1 is 0.694 bits per heavy atom. The van der Waals surface area contributed by atoms with Gasteiger partial charge >= 0.3 is 32.0 Å². The quantitative estimate of drug-likeness (QED) is 0.0268. The van der Waals surface area contributed by atoms with Gasteiger partial charge < -0.3 is 24.7 Å². The van der Waals surface area contributed by atoms with Crippen LogP contribution in [0.5, 0.6) is 0 Å². The number of nitrogens with two attached hydrogens (primary N) is 1. The summed E-state index contributed by atoms with van der Waals surface area (Å²) in [5.41, 5.74) is 8.48. The molecule has 0 aromatic heterocycles. The second-order valence-corrected chi connectivity index (χ2v) is 12.8. The van der Waals surface area contributed by atoms with Crippen LogP contribution in [0.2, 0.25) is 0 Å². The molecular weight excluding hydrogens is 657 g/mol. The van der Waals surface area contributed by atoms with E-state index in [0.29, 0.717) is 19.3 Å². The number of carbonyl (C=O) groups excluding carboxylic acids is 3. The Kier molecular flexibility index (Phi) is 19.7. The van der Waals surface area contributed by atoms with Crippen LogP contribution in [0.15, 0.2) is 65.4 Å². The van der Waals surface area contributed by atoms with Crippen LogP contribution in [0.4, 0.5) is 9.59 Å². The molecule has 0 heterocycles. The molecule has 2 rings (SSSR count). The van der Waals surface area contributed by atoms with Crippen LogP contribution in [-0.2, 0) is 55.0 Å². The molecule has 0 amide bonds. The number of benzene rings is 2. The van der Waals surface area contributed by atoms with Gasteiger partial charge in [0.05, 0.1) is 39.6 Å². The topological polar surface area (TPSA) is 171 Å². The van der Waals surface area contributed by atoms with Crippen molar-refractivity contribution in [3.8, 4) is 0 Å². The highest BCUT2D eigenvalue weighted by molar-refractivity contribution is 7.52. The first kappa shape index (κ1) is 41.2. The number of unbranched alkanes of at least 4 members (excludes halogenated alkanes) is 1. The summed E-state index contributed by atoms with van der Waals surface area (Å²) in [5, 5.41) is 0. The molecule has 1 atom stereocenters. The highest BCUT2D eigenvalue weighted by Gasteiger charge is 2.37. The molecule has 1 unspecified atom stereocenters. The Morgan fingerprint density at radius 2 is 1.12 bits per heavy atom. The largest absolute Gasteiger partial charge is 0.508 e. The van der Waals surface area contributed by atoms with Crippen molar-refractivity contribution < 1.29 is 56.4 Å². The van der Waals surface area contributed by atoms with E-state index in [1.165, 1.54) is 14.0 Å². The second-order valence-electron chi connectivity index (χ2n) is 11.1. The molecular formula is C34H51N3O11P+. The normalized spacial score (nSPS) is 12.8. The highest BCUT2D eigenvalue weighted by Crippen LogP contribution is 2.50. The van der Waals surface area contributed by atoms with Crippen LogP contribution in [0.3, 0.4) is 0 Å². The summed E-state index contributed by atoms with van der Waals surface area (Å²) in [5.74, 6) is -0.903. The lowest BCUT2D eigenvalue weighted by molar-refractivity contribution is -1.00. The molecule has 0 saturated carbocycles. The van der Waals surface area contributed by atoms with Gasteiger partial charge in [-0.25, -0.2) is 18.9 Å². The molecule has 0 radical (unpaired) electrons. The second kappa shape index (κ2) is 23.4. The molecule has 2 aromatic carbocycles. The average Bonchev–Trinajstić information content (AvgIpc) is 3.08. The standard InChI is InChI=1S/C34H51N3O11P/c1-4-5-22-37(3,48-29(2)38)32(35)36-49(41,46-27-14-25-44-33(39)42-23-12-20-30-16-8-6-9-17-30)47-28-15-26-45-34(40)43-24-13-21-31-18-10-7-11-19-31/h6-11,16-19H,4-5,12-15,20-28H2,1-3H3,(H2,35,36,41)/q+1. The smallest absolute Gasteiger partial charge is 0.434 e. The first-order valence-corrected chi connectivity index (χ1v) is 18.0. The third-order valence-corrected chi connectivity index (χ3v) is 8.32. The average molecular weight is 709 g/mol. The maximum Gasteiger partial charge on any atom is 0.508 e. The van der Waals surface area contributed by atoms with Gasteiger partial charge in [0.2, 0.25) is 0 Å². The molecule has 15 heteroatoms. The zero-order chi connectivity index (χ0) is 35.8. The predicted octanol–water partition coefficient (Wildman–Crippen LogP) is 6.52. The van der Waals surface area contributed by atoms with Crippen LogP contribution in [0.1, 0.15) is 63.5 Å². The van der Waals surface area contributed by atoms with Crippen LogP contribution < -0.4 is 5.73 Å². The molecule has 0 fully saturated rings. The van der Waals surface area contributed by atoms with E-state index in [4.69, 9.17) is 38.6 Å². The van der Waals surface area contributed by atoms with E-state index in [1.807, 2.05) is 67.6 Å². The van der Waals surface area contributed by atoms with E-state index in [1.54, 1.807) is 0 Å². The van der Waals surface area contributed by atoms with Gasteiger partial charge in [0.25, 0.3) is 0 Å². The van der Waals surface area contributed by atoms with E-state index < -0.39 is 30.7 Å². The molecule has 0 spiro atoms.